The Labute approximate surface area is 147 Å². The average molecular weight is 341 g/mol. The molecule has 2 rings (SSSR count). The molecule has 140 valence electrons. The maximum atomic E-state index is 12.6. The lowest BCUT2D eigenvalue weighted by Crippen LogP contribution is -2.51. The molecule has 0 saturated carbocycles. The van der Waals surface area contributed by atoms with Crippen LogP contribution in [0.3, 0.4) is 0 Å². The minimum atomic E-state index is 0.106. The number of amides is 2. The first kappa shape index (κ1) is 19.5. The van der Waals surface area contributed by atoms with Gasteiger partial charge in [0.25, 0.3) is 0 Å². The van der Waals surface area contributed by atoms with Crippen LogP contribution in [0, 0.1) is 5.92 Å². The number of likely N-dealkylation sites (N-methyl/N-ethyl adjacent to an activating group) is 1. The molecule has 24 heavy (non-hydrogen) atoms. The summed E-state index contributed by atoms with van der Waals surface area (Å²) in [4.78, 5) is 19.5. The predicted octanol–water partition coefficient (Wildman–Crippen LogP) is 1.47. The van der Waals surface area contributed by atoms with Crippen molar-refractivity contribution in [1.82, 2.24) is 20.0 Å². The number of nitrogens with one attached hydrogen (secondary N) is 1. The monoisotopic (exact) mass is 340 g/mol. The SMILES string of the molecule is CCN1CCCN(C(=O)NC[C@@H](CC(C)C)N2CCOCC2)CC1. The number of morpholine rings is 1. The van der Waals surface area contributed by atoms with E-state index in [2.05, 4.69) is 35.9 Å². The summed E-state index contributed by atoms with van der Waals surface area (Å²) in [6.07, 6.45) is 2.18. The van der Waals surface area contributed by atoms with E-state index < -0.39 is 0 Å². The number of carbonyl (C=O) groups is 1. The topological polar surface area (TPSA) is 48.0 Å². The lowest BCUT2D eigenvalue weighted by Gasteiger charge is -2.36. The van der Waals surface area contributed by atoms with Crippen molar-refractivity contribution in [2.75, 3.05) is 65.6 Å². The Morgan fingerprint density at radius 3 is 2.50 bits per heavy atom. The number of nitrogens with zero attached hydrogens (tertiary/aromatic N) is 3. The maximum absolute atomic E-state index is 12.6. The standard InChI is InChI=1S/C18H36N4O2/c1-4-20-6-5-7-22(9-8-20)18(23)19-15-17(14-16(2)3)21-10-12-24-13-11-21/h16-17H,4-15H2,1-3H3,(H,19,23)/t17-/m1/s1. The Morgan fingerprint density at radius 1 is 1.08 bits per heavy atom. The summed E-state index contributed by atoms with van der Waals surface area (Å²) in [5.41, 5.74) is 0. The van der Waals surface area contributed by atoms with Crippen molar-refractivity contribution in [3.63, 3.8) is 0 Å². The first-order valence-electron chi connectivity index (χ1n) is 9.67. The first-order chi connectivity index (χ1) is 11.6. The molecule has 6 heteroatoms. The third kappa shape index (κ3) is 6.22. The minimum Gasteiger partial charge on any atom is -0.379 e. The molecule has 0 aromatic rings. The summed E-state index contributed by atoms with van der Waals surface area (Å²) >= 11 is 0. The van der Waals surface area contributed by atoms with Gasteiger partial charge in [0.1, 0.15) is 0 Å². The number of carbonyl (C=O) groups excluding carboxylic acids is 1. The Kier molecular flexibility index (Phi) is 8.29. The first-order valence-corrected chi connectivity index (χ1v) is 9.67. The summed E-state index contributed by atoms with van der Waals surface area (Å²) in [5, 5.41) is 3.20. The largest absolute Gasteiger partial charge is 0.379 e. The highest BCUT2D eigenvalue weighted by Gasteiger charge is 2.24. The smallest absolute Gasteiger partial charge is 0.317 e. The van der Waals surface area contributed by atoms with E-state index in [1.807, 2.05) is 4.90 Å². The summed E-state index contributed by atoms with van der Waals surface area (Å²) in [5.74, 6) is 0.631. The van der Waals surface area contributed by atoms with Gasteiger partial charge in [0.05, 0.1) is 13.2 Å². The molecule has 2 amide bonds. The van der Waals surface area contributed by atoms with Crippen LogP contribution in [0.5, 0.6) is 0 Å². The lowest BCUT2D eigenvalue weighted by atomic mass is 10.0. The molecule has 6 nitrogen and oxygen atoms in total. The predicted molar refractivity (Wildman–Crippen MR) is 97.3 cm³/mol. The molecule has 2 heterocycles. The van der Waals surface area contributed by atoms with Crippen LogP contribution in [-0.4, -0.2) is 92.3 Å². The second-order valence-corrected chi connectivity index (χ2v) is 7.39. The van der Waals surface area contributed by atoms with Crippen molar-refractivity contribution in [3.8, 4) is 0 Å². The molecule has 2 fully saturated rings. The molecule has 1 atom stereocenters. The van der Waals surface area contributed by atoms with Crippen LogP contribution in [0.1, 0.15) is 33.6 Å². The van der Waals surface area contributed by atoms with Crippen molar-refractivity contribution < 1.29 is 9.53 Å². The van der Waals surface area contributed by atoms with E-state index in [1.165, 1.54) is 0 Å². The number of hydrogen-bond donors (Lipinski definition) is 1. The summed E-state index contributed by atoms with van der Waals surface area (Å²) in [6, 6.07) is 0.520. The summed E-state index contributed by atoms with van der Waals surface area (Å²) in [6.45, 7) is 15.9. The molecule has 0 unspecified atom stereocenters. The fourth-order valence-electron chi connectivity index (χ4n) is 3.66. The normalized spacial score (nSPS) is 22.4. The van der Waals surface area contributed by atoms with Gasteiger partial charge in [-0.1, -0.05) is 20.8 Å². The maximum Gasteiger partial charge on any atom is 0.317 e. The van der Waals surface area contributed by atoms with Crippen molar-refractivity contribution in [2.24, 2.45) is 5.92 Å². The highest BCUT2D eigenvalue weighted by Crippen LogP contribution is 2.13. The average Bonchev–Trinajstić information content (AvgIpc) is 2.84. The summed E-state index contributed by atoms with van der Waals surface area (Å²) in [7, 11) is 0. The van der Waals surface area contributed by atoms with E-state index in [1.54, 1.807) is 0 Å². The molecular formula is C18H36N4O2. The van der Waals surface area contributed by atoms with E-state index >= 15 is 0 Å². The van der Waals surface area contributed by atoms with Gasteiger partial charge in [-0.2, -0.15) is 0 Å². The zero-order valence-corrected chi connectivity index (χ0v) is 15.8. The molecule has 0 bridgehead atoms. The number of ether oxygens (including phenoxy) is 1. The van der Waals surface area contributed by atoms with Crippen LogP contribution < -0.4 is 5.32 Å². The third-order valence-electron chi connectivity index (χ3n) is 5.12. The molecule has 2 saturated heterocycles. The number of urea groups is 1. The van der Waals surface area contributed by atoms with Gasteiger partial charge in [-0.3, -0.25) is 4.90 Å². The second-order valence-electron chi connectivity index (χ2n) is 7.39. The van der Waals surface area contributed by atoms with Gasteiger partial charge >= 0.3 is 6.03 Å². The molecule has 0 aromatic heterocycles. The van der Waals surface area contributed by atoms with Gasteiger partial charge in [-0.25, -0.2) is 4.79 Å². The zero-order chi connectivity index (χ0) is 17.4. The third-order valence-corrected chi connectivity index (χ3v) is 5.12. The van der Waals surface area contributed by atoms with Gasteiger partial charge in [-0.15, -0.1) is 0 Å². The van der Waals surface area contributed by atoms with Crippen molar-refractivity contribution in [1.29, 1.82) is 0 Å². The number of hydrogen-bond acceptors (Lipinski definition) is 4. The fraction of sp³-hybridized carbons (Fsp3) is 0.944. The van der Waals surface area contributed by atoms with Crippen LogP contribution in [0.25, 0.3) is 0 Å². The molecule has 2 aliphatic heterocycles. The fourth-order valence-corrected chi connectivity index (χ4v) is 3.66. The van der Waals surface area contributed by atoms with Crippen molar-refractivity contribution >= 4 is 6.03 Å². The molecular weight excluding hydrogens is 304 g/mol. The molecule has 0 aromatic carbocycles. The molecule has 0 spiro atoms. The molecule has 0 radical (unpaired) electrons. The van der Waals surface area contributed by atoms with Crippen LogP contribution >= 0.6 is 0 Å². The van der Waals surface area contributed by atoms with Crippen LogP contribution in [-0.2, 0) is 4.74 Å². The van der Waals surface area contributed by atoms with Gasteiger partial charge in [0.15, 0.2) is 0 Å². The molecule has 2 aliphatic rings. The number of rotatable bonds is 6. The van der Waals surface area contributed by atoms with Crippen LogP contribution in [0.15, 0.2) is 0 Å². The Hall–Kier alpha value is -0.850. The lowest BCUT2D eigenvalue weighted by molar-refractivity contribution is 0.0127. The van der Waals surface area contributed by atoms with E-state index in [4.69, 9.17) is 4.74 Å². The minimum absolute atomic E-state index is 0.106. The molecule has 1 N–H and O–H groups in total. The Bertz CT molecular complexity index is 372. The van der Waals surface area contributed by atoms with Gasteiger partial charge in [-0.05, 0) is 31.8 Å². The second kappa shape index (κ2) is 10.2. The van der Waals surface area contributed by atoms with Gasteiger partial charge in [0, 0.05) is 45.3 Å². The van der Waals surface area contributed by atoms with Crippen molar-refractivity contribution in [2.45, 2.75) is 39.7 Å². The molecule has 0 aliphatic carbocycles. The Morgan fingerprint density at radius 2 is 1.83 bits per heavy atom. The van der Waals surface area contributed by atoms with E-state index in [0.29, 0.717) is 12.0 Å². The van der Waals surface area contributed by atoms with Gasteiger partial charge in [0.2, 0.25) is 0 Å². The quantitative estimate of drug-likeness (QED) is 0.795. The van der Waals surface area contributed by atoms with E-state index in [0.717, 1.165) is 78.4 Å². The van der Waals surface area contributed by atoms with Gasteiger partial charge < -0.3 is 19.9 Å². The highest BCUT2D eigenvalue weighted by atomic mass is 16.5. The van der Waals surface area contributed by atoms with E-state index in [9.17, 15) is 4.79 Å². The van der Waals surface area contributed by atoms with Crippen LogP contribution in [0.2, 0.25) is 0 Å². The van der Waals surface area contributed by atoms with Crippen molar-refractivity contribution in [3.05, 3.63) is 0 Å². The highest BCUT2D eigenvalue weighted by molar-refractivity contribution is 5.74. The Balaban J connectivity index is 1.82. The van der Waals surface area contributed by atoms with Crippen LogP contribution in [0.4, 0.5) is 4.79 Å². The summed E-state index contributed by atoms with van der Waals surface area (Å²) < 4.78 is 5.47. The van der Waals surface area contributed by atoms with E-state index in [-0.39, 0.29) is 6.03 Å². The zero-order valence-electron chi connectivity index (χ0n) is 15.8.